The summed E-state index contributed by atoms with van der Waals surface area (Å²) in [4.78, 5) is 21.8. The van der Waals surface area contributed by atoms with Crippen LogP contribution in [0.2, 0.25) is 0 Å². The minimum Gasteiger partial charge on any atom is -0.458 e. The van der Waals surface area contributed by atoms with Crippen molar-refractivity contribution in [3.8, 4) is 0 Å². The van der Waals surface area contributed by atoms with Gasteiger partial charge in [-0.3, -0.25) is 0 Å². The molecule has 0 fully saturated rings. The van der Waals surface area contributed by atoms with Gasteiger partial charge in [0.05, 0.1) is 0 Å². The van der Waals surface area contributed by atoms with Crippen LogP contribution in [0.4, 0.5) is 0 Å². The first-order valence-corrected chi connectivity index (χ1v) is 5.32. The molecule has 94 valence electrons. The van der Waals surface area contributed by atoms with Crippen molar-refractivity contribution in [3.05, 3.63) is 60.7 Å². The summed E-state index contributed by atoms with van der Waals surface area (Å²) in [7, 11) is 0. The minimum absolute atomic E-state index is 0.161. The third-order valence-corrected chi connectivity index (χ3v) is 2.09. The predicted molar refractivity (Wildman–Crippen MR) is 66.4 cm³/mol. The zero-order chi connectivity index (χ0) is 13.4. The Morgan fingerprint density at radius 2 is 1.44 bits per heavy atom. The molecule has 0 bridgehead atoms. The molecule has 0 heterocycles. The lowest BCUT2D eigenvalue weighted by Gasteiger charge is -2.06. The van der Waals surface area contributed by atoms with Gasteiger partial charge in [-0.25, -0.2) is 9.59 Å². The number of benzene rings is 1. The number of rotatable bonds is 6. The van der Waals surface area contributed by atoms with Crippen molar-refractivity contribution in [2.45, 2.75) is 13.2 Å². The van der Waals surface area contributed by atoms with Crippen LogP contribution in [0.25, 0.3) is 0 Å². The van der Waals surface area contributed by atoms with E-state index in [-0.39, 0.29) is 13.2 Å². The van der Waals surface area contributed by atoms with E-state index in [2.05, 4.69) is 13.2 Å². The van der Waals surface area contributed by atoms with Gasteiger partial charge in [-0.15, -0.1) is 0 Å². The van der Waals surface area contributed by atoms with Crippen molar-refractivity contribution in [2.75, 3.05) is 0 Å². The number of carbonyl (C=O) groups excluding carboxylic acids is 2. The van der Waals surface area contributed by atoms with Crippen LogP contribution >= 0.6 is 0 Å². The van der Waals surface area contributed by atoms with Crippen molar-refractivity contribution < 1.29 is 19.1 Å². The quantitative estimate of drug-likeness (QED) is 0.570. The van der Waals surface area contributed by atoms with Gasteiger partial charge in [-0.05, 0) is 17.2 Å². The smallest absolute Gasteiger partial charge is 0.330 e. The van der Waals surface area contributed by atoms with Gasteiger partial charge in [0.25, 0.3) is 0 Å². The van der Waals surface area contributed by atoms with E-state index in [1.54, 1.807) is 12.1 Å². The molecule has 18 heavy (non-hydrogen) atoms. The lowest BCUT2D eigenvalue weighted by atomic mass is 10.1. The molecule has 1 aromatic carbocycles. The van der Waals surface area contributed by atoms with Crippen LogP contribution in [-0.2, 0) is 32.3 Å². The first-order chi connectivity index (χ1) is 8.65. The van der Waals surface area contributed by atoms with E-state index in [1.807, 2.05) is 12.1 Å². The van der Waals surface area contributed by atoms with Crippen LogP contribution < -0.4 is 0 Å². The minimum atomic E-state index is -0.474. The van der Waals surface area contributed by atoms with Gasteiger partial charge in [-0.1, -0.05) is 31.4 Å². The molecule has 0 aliphatic carbocycles. The molecule has 0 aliphatic heterocycles. The highest BCUT2D eigenvalue weighted by atomic mass is 16.5. The van der Waals surface area contributed by atoms with E-state index in [9.17, 15) is 9.59 Å². The molecule has 0 saturated heterocycles. The van der Waals surface area contributed by atoms with Crippen LogP contribution in [0.3, 0.4) is 0 Å². The summed E-state index contributed by atoms with van der Waals surface area (Å²) >= 11 is 0. The summed E-state index contributed by atoms with van der Waals surface area (Å²) in [5.41, 5.74) is 1.63. The fraction of sp³-hybridized carbons (Fsp3) is 0.143. The summed E-state index contributed by atoms with van der Waals surface area (Å²) in [6.07, 6.45) is 2.21. The summed E-state index contributed by atoms with van der Waals surface area (Å²) in [5, 5.41) is 0. The summed E-state index contributed by atoms with van der Waals surface area (Å²) in [6.45, 7) is 6.94. The molecule has 0 N–H and O–H groups in total. The fourth-order valence-corrected chi connectivity index (χ4v) is 1.24. The van der Waals surface area contributed by atoms with E-state index in [1.165, 1.54) is 0 Å². The Labute approximate surface area is 106 Å². The lowest BCUT2D eigenvalue weighted by Crippen LogP contribution is -2.02. The third-order valence-electron chi connectivity index (χ3n) is 2.09. The van der Waals surface area contributed by atoms with Crippen LogP contribution in [0.5, 0.6) is 0 Å². The van der Waals surface area contributed by atoms with Gasteiger partial charge in [0.15, 0.2) is 0 Å². The standard InChI is InChI=1S/C14H14O4/c1-3-13(15)17-9-11-6-5-7-12(8-11)10-18-14(16)4-2/h3-8H,1-2,9-10H2. The maximum Gasteiger partial charge on any atom is 0.330 e. The van der Waals surface area contributed by atoms with E-state index < -0.39 is 11.9 Å². The predicted octanol–water partition coefficient (Wildman–Crippen LogP) is 2.14. The molecule has 1 rings (SSSR count). The average molecular weight is 246 g/mol. The molecular formula is C14H14O4. The van der Waals surface area contributed by atoms with Crippen molar-refractivity contribution in [1.29, 1.82) is 0 Å². The molecule has 0 aromatic heterocycles. The maximum absolute atomic E-state index is 10.9. The van der Waals surface area contributed by atoms with Gasteiger partial charge >= 0.3 is 11.9 Å². The first-order valence-electron chi connectivity index (χ1n) is 5.32. The monoisotopic (exact) mass is 246 g/mol. The Morgan fingerprint density at radius 1 is 1.00 bits per heavy atom. The average Bonchev–Trinajstić information content (AvgIpc) is 2.42. The van der Waals surface area contributed by atoms with Crippen LogP contribution in [0, 0.1) is 0 Å². The molecular weight excluding hydrogens is 232 g/mol. The molecule has 0 aliphatic rings. The van der Waals surface area contributed by atoms with Crippen molar-refractivity contribution in [3.63, 3.8) is 0 Å². The van der Waals surface area contributed by atoms with E-state index >= 15 is 0 Å². The molecule has 0 unspecified atom stereocenters. The zero-order valence-electron chi connectivity index (χ0n) is 9.93. The number of carbonyl (C=O) groups is 2. The molecule has 1 aromatic rings. The number of ether oxygens (including phenoxy) is 2. The number of esters is 2. The Bertz CT molecular complexity index is 423. The number of hydrogen-bond donors (Lipinski definition) is 0. The molecule has 0 saturated carbocycles. The molecule has 0 spiro atoms. The van der Waals surface area contributed by atoms with E-state index in [0.717, 1.165) is 23.3 Å². The zero-order valence-corrected chi connectivity index (χ0v) is 9.93. The van der Waals surface area contributed by atoms with Gasteiger partial charge < -0.3 is 9.47 Å². The summed E-state index contributed by atoms with van der Waals surface area (Å²) in [6, 6.07) is 7.23. The molecule has 4 nitrogen and oxygen atoms in total. The highest BCUT2D eigenvalue weighted by molar-refractivity contribution is 5.81. The third kappa shape index (κ3) is 4.65. The number of hydrogen-bond acceptors (Lipinski definition) is 4. The van der Waals surface area contributed by atoms with Gasteiger partial charge in [0.2, 0.25) is 0 Å². The second-order valence-electron chi connectivity index (χ2n) is 3.44. The topological polar surface area (TPSA) is 52.6 Å². The van der Waals surface area contributed by atoms with E-state index in [0.29, 0.717) is 0 Å². The SMILES string of the molecule is C=CC(=O)OCc1cccc(COC(=O)C=C)c1. The maximum atomic E-state index is 10.9. The van der Waals surface area contributed by atoms with Gasteiger partial charge in [0.1, 0.15) is 13.2 Å². The summed E-state index contributed by atoms with van der Waals surface area (Å²) in [5.74, 6) is -0.947. The van der Waals surface area contributed by atoms with Crippen molar-refractivity contribution >= 4 is 11.9 Å². The van der Waals surface area contributed by atoms with E-state index in [4.69, 9.17) is 9.47 Å². The Hall–Kier alpha value is -2.36. The first kappa shape index (κ1) is 13.7. The second kappa shape index (κ2) is 7.06. The van der Waals surface area contributed by atoms with Crippen LogP contribution in [-0.4, -0.2) is 11.9 Å². The lowest BCUT2D eigenvalue weighted by molar-refractivity contribution is -0.139. The van der Waals surface area contributed by atoms with Crippen molar-refractivity contribution in [2.24, 2.45) is 0 Å². The van der Waals surface area contributed by atoms with Gasteiger partial charge in [-0.2, -0.15) is 0 Å². The van der Waals surface area contributed by atoms with Crippen LogP contribution in [0.15, 0.2) is 49.6 Å². The second-order valence-corrected chi connectivity index (χ2v) is 3.44. The molecule has 0 amide bonds. The molecule has 4 heteroatoms. The van der Waals surface area contributed by atoms with Crippen LogP contribution in [0.1, 0.15) is 11.1 Å². The molecule has 0 radical (unpaired) electrons. The molecule has 0 atom stereocenters. The normalized spacial score (nSPS) is 9.33. The highest BCUT2D eigenvalue weighted by Gasteiger charge is 2.01. The highest BCUT2D eigenvalue weighted by Crippen LogP contribution is 2.08. The fourth-order valence-electron chi connectivity index (χ4n) is 1.24. The Morgan fingerprint density at radius 3 is 1.83 bits per heavy atom. The summed E-state index contributed by atoms with van der Waals surface area (Å²) < 4.78 is 9.80. The van der Waals surface area contributed by atoms with Gasteiger partial charge in [0, 0.05) is 12.2 Å². The largest absolute Gasteiger partial charge is 0.458 e. The Kier molecular flexibility index (Phi) is 5.38. The van der Waals surface area contributed by atoms with Crippen molar-refractivity contribution in [1.82, 2.24) is 0 Å². The Balaban J connectivity index is 2.56.